The molecule has 1 aliphatic carbocycles. The average molecular weight is 214 g/mol. The van der Waals surface area contributed by atoms with Crippen LogP contribution in [0, 0.1) is 5.92 Å². The molecule has 1 aromatic heterocycles. The van der Waals surface area contributed by atoms with Gasteiger partial charge in [-0.1, -0.05) is 13.8 Å². The van der Waals surface area contributed by atoms with E-state index < -0.39 is 6.43 Å². The Morgan fingerprint density at radius 2 is 1.93 bits per heavy atom. The Labute approximate surface area is 86.1 Å². The maximum atomic E-state index is 12.8. The number of aromatic nitrogens is 2. The summed E-state index contributed by atoms with van der Waals surface area (Å²) >= 11 is 0. The molecule has 0 aromatic carbocycles. The molecule has 2 rings (SSSR count). The second-order valence-corrected chi connectivity index (χ2v) is 4.01. The van der Waals surface area contributed by atoms with Crippen LogP contribution in [0.1, 0.15) is 47.9 Å². The lowest BCUT2D eigenvalue weighted by Crippen LogP contribution is -2.11. The lowest BCUT2D eigenvalue weighted by molar-refractivity contribution is 0.0928. The molecule has 5 heteroatoms. The fraction of sp³-hybridized carbons (Fsp3) is 0.600. The van der Waals surface area contributed by atoms with Gasteiger partial charge < -0.3 is 0 Å². The van der Waals surface area contributed by atoms with Crippen molar-refractivity contribution < 1.29 is 13.6 Å². The van der Waals surface area contributed by atoms with Crippen molar-refractivity contribution in [3.8, 4) is 0 Å². The van der Waals surface area contributed by atoms with E-state index in [4.69, 9.17) is 0 Å². The molecule has 2 unspecified atom stereocenters. The number of alkyl halides is 2. The van der Waals surface area contributed by atoms with Crippen molar-refractivity contribution in [2.24, 2.45) is 13.0 Å². The summed E-state index contributed by atoms with van der Waals surface area (Å²) < 4.78 is 26.7. The maximum Gasteiger partial charge on any atom is 0.280 e. The summed E-state index contributed by atoms with van der Waals surface area (Å²) in [6.45, 7) is 3.55. The van der Waals surface area contributed by atoms with Gasteiger partial charge in [-0.25, -0.2) is 8.78 Å². The van der Waals surface area contributed by atoms with Gasteiger partial charge in [0.1, 0.15) is 11.4 Å². The zero-order valence-electron chi connectivity index (χ0n) is 8.79. The molecule has 0 aliphatic heterocycles. The van der Waals surface area contributed by atoms with Crippen LogP contribution in [0.3, 0.4) is 0 Å². The summed E-state index contributed by atoms with van der Waals surface area (Å²) in [6.07, 6.45) is -2.58. The van der Waals surface area contributed by atoms with Gasteiger partial charge in [-0.2, -0.15) is 5.10 Å². The molecule has 0 saturated carbocycles. The Balaban J connectivity index is 2.64. The van der Waals surface area contributed by atoms with Crippen LogP contribution in [0.15, 0.2) is 0 Å². The second kappa shape index (κ2) is 3.12. The first kappa shape index (κ1) is 10.3. The first-order chi connectivity index (χ1) is 6.95. The van der Waals surface area contributed by atoms with E-state index >= 15 is 0 Å². The largest absolute Gasteiger partial charge is 0.292 e. The van der Waals surface area contributed by atoms with Crippen LogP contribution in [-0.2, 0) is 7.05 Å². The standard InChI is InChI=1S/C10H12F2N2O/c1-4-5(2)9(15)7-6(4)8(10(11)12)14(3)13-7/h4-5,10H,1-3H3. The number of fused-ring (bicyclic) bond motifs is 1. The molecule has 15 heavy (non-hydrogen) atoms. The predicted octanol–water partition coefficient (Wildman–Crippen LogP) is 2.29. The molecule has 2 atom stereocenters. The molecule has 1 aromatic rings. The van der Waals surface area contributed by atoms with Gasteiger partial charge >= 0.3 is 0 Å². The van der Waals surface area contributed by atoms with E-state index in [9.17, 15) is 13.6 Å². The van der Waals surface area contributed by atoms with Crippen molar-refractivity contribution >= 4 is 5.78 Å². The van der Waals surface area contributed by atoms with E-state index in [0.717, 1.165) is 4.68 Å². The highest BCUT2D eigenvalue weighted by molar-refractivity contribution is 6.01. The van der Waals surface area contributed by atoms with Crippen LogP contribution in [0.2, 0.25) is 0 Å². The Hall–Kier alpha value is -1.26. The molecule has 3 nitrogen and oxygen atoms in total. The van der Waals surface area contributed by atoms with Gasteiger partial charge in [0.2, 0.25) is 0 Å². The highest BCUT2D eigenvalue weighted by Gasteiger charge is 2.41. The quantitative estimate of drug-likeness (QED) is 0.718. The minimum absolute atomic E-state index is 0.116. The summed E-state index contributed by atoms with van der Waals surface area (Å²) in [5, 5.41) is 3.88. The third-order valence-corrected chi connectivity index (χ3v) is 3.19. The van der Waals surface area contributed by atoms with Gasteiger partial charge in [0, 0.05) is 18.5 Å². The number of nitrogens with zero attached hydrogens (tertiary/aromatic N) is 2. The minimum Gasteiger partial charge on any atom is -0.292 e. The van der Waals surface area contributed by atoms with E-state index in [-0.39, 0.29) is 29.0 Å². The van der Waals surface area contributed by atoms with E-state index in [0.29, 0.717) is 5.56 Å². The molecule has 0 N–H and O–H groups in total. The number of aryl methyl sites for hydroxylation is 1. The monoisotopic (exact) mass is 214 g/mol. The molecule has 82 valence electrons. The fourth-order valence-corrected chi connectivity index (χ4v) is 2.14. The van der Waals surface area contributed by atoms with Crippen molar-refractivity contribution in [2.75, 3.05) is 0 Å². The number of carbonyl (C=O) groups excluding carboxylic acids is 1. The van der Waals surface area contributed by atoms with Crippen LogP contribution in [0.4, 0.5) is 8.78 Å². The zero-order valence-corrected chi connectivity index (χ0v) is 8.79. The number of ketones is 1. The summed E-state index contributed by atoms with van der Waals surface area (Å²) in [5.41, 5.74) is 0.549. The normalized spacial score (nSPS) is 25.1. The Morgan fingerprint density at radius 3 is 2.47 bits per heavy atom. The number of halogens is 2. The fourth-order valence-electron chi connectivity index (χ4n) is 2.14. The van der Waals surface area contributed by atoms with Gasteiger partial charge in [0.05, 0.1) is 0 Å². The highest BCUT2D eigenvalue weighted by Crippen LogP contribution is 2.41. The molecular formula is C10H12F2N2O. The van der Waals surface area contributed by atoms with Crippen molar-refractivity contribution in [2.45, 2.75) is 26.2 Å². The first-order valence-electron chi connectivity index (χ1n) is 4.84. The summed E-state index contributed by atoms with van der Waals surface area (Å²) in [5.74, 6) is -0.522. The van der Waals surface area contributed by atoms with E-state index in [1.165, 1.54) is 7.05 Å². The van der Waals surface area contributed by atoms with E-state index in [1.54, 1.807) is 13.8 Å². The SMILES string of the molecule is CC1C(=O)c2nn(C)c(C(F)F)c2C1C. The highest BCUT2D eigenvalue weighted by atomic mass is 19.3. The maximum absolute atomic E-state index is 12.8. The first-order valence-corrected chi connectivity index (χ1v) is 4.84. The smallest absolute Gasteiger partial charge is 0.280 e. The number of carbonyl (C=O) groups is 1. The Kier molecular flexibility index (Phi) is 2.13. The third kappa shape index (κ3) is 1.22. The summed E-state index contributed by atoms with van der Waals surface area (Å²) in [7, 11) is 1.45. The average Bonchev–Trinajstić information content (AvgIpc) is 2.59. The molecule has 0 bridgehead atoms. The van der Waals surface area contributed by atoms with E-state index in [2.05, 4.69) is 5.10 Å². The van der Waals surface area contributed by atoms with Crippen molar-refractivity contribution in [1.82, 2.24) is 9.78 Å². The van der Waals surface area contributed by atoms with Gasteiger partial charge in [0.15, 0.2) is 5.78 Å². The van der Waals surface area contributed by atoms with Gasteiger partial charge in [-0.3, -0.25) is 9.48 Å². The summed E-state index contributed by atoms with van der Waals surface area (Å²) in [4.78, 5) is 11.7. The van der Waals surface area contributed by atoms with Gasteiger partial charge in [-0.05, 0) is 5.92 Å². The second-order valence-electron chi connectivity index (χ2n) is 4.01. The number of rotatable bonds is 1. The third-order valence-electron chi connectivity index (χ3n) is 3.19. The molecule has 0 fully saturated rings. The summed E-state index contributed by atoms with van der Waals surface area (Å²) in [6, 6.07) is 0. The lowest BCUT2D eigenvalue weighted by atomic mass is 9.95. The van der Waals surface area contributed by atoms with Gasteiger partial charge in [-0.15, -0.1) is 0 Å². The van der Waals surface area contributed by atoms with Crippen molar-refractivity contribution in [3.63, 3.8) is 0 Å². The number of Topliss-reactive ketones (excluding diaryl/α,β-unsaturated/α-hetero) is 1. The van der Waals surface area contributed by atoms with Crippen molar-refractivity contribution in [3.05, 3.63) is 17.0 Å². The van der Waals surface area contributed by atoms with Crippen LogP contribution in [0.5, 0.6) is 0 Å². The Morgan fingerprint density at radius 1 is 1.33 bits per heavy atom. The molecule has 1 heterocycles. The number of hydrogen-bond donors (Lipinski definition) is 0. The number of hydrogen-bond acceptors (Lipinski definition) is 2. The molecule has 1 aliphatic rings. The van der Waals surface area contributed by atoms with Crippen LogP contribution >= 0.6 is 0 Å². The molecular weight excluding hydrogens is 202 g/mol. The van der Waals surface area contributed by atoms with Crippen molar-refractivity contribution in [1.29, 1.82) is 0 Å². The van der Waals surface area contributed by atoms with Crippen LogP contribution in [-0.4, -0.2) is 15.6 Å². The van der Waals surface area contributed by atoms with E-state index in [1.807, 2.05) is 0 Å². The minimum atomic E-state index is -2.58. The molecule has 0 saturated heterocycles. The molecule has 0 amide bonds. The molecule has 0 spiro atoms. The lowest BCUT2D eigenvalue weighted by Gasteiger charge is -2.11. The van der Waals surface area contributed by atoms with Crippen LogP contribution in [0.25, 0.3) is 0 Å². The van der Waals surface area contributed by atoms with Gasteiger partial charge in [0.25, 0.3) is 6.43 Å². The van der Waals surface area contributed by atoms with Crippen LogP contribution < -0.4 is 0 Å². The Bertz CT molecular complexity index is 425. The molecule has 0 radical (unpaired) electrons. The topological polar surface area (TPSA) is 34.9 Å². The predicted molar refractivity (Wildman–Crippen MR) is 50.1 cm³/mol. The zero-order chi connectivity index (χ0) is 11.3.